The molecule has 182 valence electrons. The summed E-state index contributed by atoms with van der Waals surface area (Å²) < 4.78 is 0. The summed E-state index contributed by atoms with van der Waals surface area (Å²) in [5.41, 5.74) is 10.7. The highest BCUT2D eigenvalue weighted by Crippen LogP contribution is 2.05. The molecule has 3 atom stereocenters. The highest BCUT2D eigenvalue weighted by molar-refractivity contribution is 5.94. The number of imidazole rings is 1. The predicted octanol–water partition coefficient (Wildman–Crippen LogP) is -3.42. The molecule has 3 unspecified atom stereocenters. The van der Waals surface area contributed by atoms with Crippen LogP contribution in [-0.2, 0) is 35.2 Å². The second-order valence-electron chi connectivity index (χ2n) is 7.00. The van der Waals surface area contributed by atoms with Crippen LogP contribution in [0.1, 0.15) is 31.4 Å². The fourth-order valence-electron chi connectivity index (χ4n) is 2.71. The molecule has 0 aromatic carbocycles. The Kier molecular flexibility index (Phi) is 11.0. The van der Waals surface area contributed by atoms with Crippen LogP contribution in [-0.4, -0.2) is 80.4 Å². The zero-order valence-electron chi connectivity index (χ0n) is 17.6. The van der Waals surface area contributed by atoms with Gasteiger partial charge in [0, 0.05) is 31.2 Å². The van der Waals surface area contributed by atoms with Crippen molar-refractivity contribution in [2.45, 2.75) is 50.2 Å². The maximum absolute atomic E-state index is 12.7. The SMILES string of the molecule is NCC(=O)NC(CCC(N)=O)C(=O)NC(CCC(=O)O)C(=O)NC(Cc1cnc[nH]1)C(=O)O. The van der Waals surface area contributed by atoms with E-state index in [1.165, 1.54) is 12.5 Å². The van der Waals surface area contributed by atoms with Crippen molar-refractivity contribution in [1.82, 2.24) is 25.9 Å². The number of carbonyl (C=O) groups excluding carboxylic acids is 4. The Balaban J connectivity index is 2.97. The molecule has 1 heterocycles. The fraction of sp³-hybridized carbons (Fsp3) is 0.500. The first-order valence-corrected chi connectivity index (χ1v) is 9.83. The second kappa shape index (κ2) is 13.4. The van der Waals surface area contributed by atoms with Crippen molar-refractivity contribution in [3.63, 3.8) is 0 Å². The number of nitrogens with one attached hydrogen (secondary N) is 4. The van der Waals surface area contributed by atoms with Crippen LogP contribution < -0.4 is 27.4 Å². The van der Waals surface area contributed by atoms with Gasteiger partial charge in [-0.3, -0.25) is 24.0 Å². The van der Waals surface area contributed by atoms with E-state index in [1.54, 1.807) is 0 Å². The lowest BCUT2D eigenvalue weighted by atomic mass is 10.1. The molecule has 4 amide bonds. The van der Waals surface area contributed by atoms with Crippen molar-refractivity contribution in [1.29, 1.82) is 0 Å². The van der Waals surface area contributed by atoms with E-state index in [9.17, 15) is 33.9 Å². The third kappa shape index (κ3) is 10.2. The Bertz CT molecular complexity index is 858. The van der Waals surface area contributed by atoms with Gasteiger partial charge in [-0.2, -0.15) is 0 Å². The molecule has 0 bridgehead atoms. The number of nitrogens with two attached hydrogens (primary N) is 2. The minimum absolute atomic E-state index is 0.144. The Labute approximate surface area is 187 Å². The average Bonchev–Trinajstić information content (AvgIpc) is 3.25. The van der Waals surface area contributed by atoms with Crippen LogP contribution in [0, 0.1) is 0 Å². The summed E-state index contributed by atoms with van der Waals surface area (Å²) in [5, 5.41) is 25.2. The molecule has 0 aliphatic heterocycles. The van der Waals surface area contributed by atoms with Gasteiger partial charge in [0.2, 0.25) is 23.6 Å². The Morgan fingerprint density at radius 1 is 0.939 bits per heavy atom. The van der Waals surface area contributed by atoms with Crippen LogP contribution in [0.3, 0.4) is 0 Å². The molecule has 10 N–H and O–H groups in total. The van der Waals surface area contributed by atoms with Gasteiger partial charge in [0.1, 0.15) is 18.1 Å². The van der Waals surface area contributed by atoms with E-state index in [2.05, 4.69) is 25.9 Å². The van der Waals surface area contributed by atoms with Gasteiger partial charge in [0.15, 0.2) is 0 Å². The molecule has 15 nitrogen and oxygen atoms in total. The van der Waals surface area contributed by atoms with Crippen molar-refractivity contribution < 1.29 is 39.0 Å². The topological polar surface area (TPSA) is 260 Å². The number of nitrogens with zero attached hydrogens (tertiary/aromatic N) is 1. The molecule has 0 saturated heterocycles. The average molecular weight is 469 g/mol. The minimum Gasteiger partial charge on any atom is -0.481 e. The lowest BCUT2D eigenvalue weighted by Gasteiger charge is -2.24. The molecule has 33 heavy (non-hydrogen) atoms. The molecule has 0 fully saturated rings. The summed E-state index contributed by atoms with van der Waals surface area (Å²) in [4.78, 5) is 77.0. The number of hydrogen-bond donors (Lipinski definition) is 8. The van der Waals surface area contributed by atoms with Crippen LogP contribution in [0.2, 0.25) is 0 Å². The number of aromatic nitrogens is 2. The molecule has 0 radical (unpaired) electrons. The number of carboxylic acids is 2. The lowest BCUT2D eigenvalue weighted by molar-refractivity contribution is -0.143. The molecular weight excluding hydrogens is 442 g/mol. The molecule has 0 aliphatic carbocycles. The number of amides is 4. The summed E-state index contributed by atoms with van der Waals surface area (Å²) in [6.07, 6.45) is 1.21. The Morgan fingerprint density at radius 2 is 1.52 bits per heavy atom. The monoisotopic (exact) mass is 469 g/mol. The van der Waals surface area contributed by atoms with Gasteiger partial charge in [-0.1, -0.05) is 0 Å². The minimum atomic E-state index is -1.44. The van der Waals surface area contributed by atoms with Crippen molar-refractivity contribution in [2.75, 3.05) is 6.54 Å². The normalized spacial score (nSPS) is 13.2. The third-order valence-electron chi connectivity index (χ3n) is 4.39. The second-order valence-corrected chi connectivity index (χ2v) is 7.00. The number of rotatable bonds is 15. The highest BCUT2D eigenvalue weighted by atomic mass is 16.4. The van der Waals surface area contributed by atoms with E-state index in [-0.39, 0.29) is 25.7 Å². The first-order valence-electron chi connectivity index (χ1n) is 9.83. The van der Waals surface area contributed by atoms with Crippen LogP contribution in [0.5, 0.6) is 0 Å². The van der Waals surface area contributed by atoms with Gasteiger partial charge in [0.25, 0.3) is 0 Å². The van der Waals surface area contributed by atoms with Crippen LogP contribution in [0.15, 0.2) is 12.5 Å². The van der Waals surface area contributed by atoms with Crippen molar-refractivity contribution >= 4 is 35.6 Å². The van der Waals surface area contributed by atoms with Crippen molar-refractivity contribution in [3.05, 3.63) is 18.2 Å². The van der Waals surface area contributed by atoms with Gasteiger partial charge in [-0.15, -0.1) is 0 Å². The van der Waals surface area contributed by atoms with Crippen molar-refractivity contribution in [3.8, 4) is 0 Å². The quantitative estimate of drug-likeness (QED) is 0.126. The smallest absolute Gasteiger partial charge is 0.326 e. The van der Waals surface area contributed by atoms with Crippen molar-refractivity contribution in [2.24, 2.45) is 11.5 Å². The maximum atomic E-state index is 12.7. The zero-order valence-corrected chi connectivity index (χ0v) is 17.6. The standard InChI is InChI=1S/C18H27N7O8/c19-6-14(27)23-10(1-3-13(20)26)16(30)24-11(2-4-15(28)29)17(31)25-12(18(32)33)5-9-7-21-8-22-9/h7-8,10-12H,1-6,19H2,(H2,20,26)(H,21,22)(H,23,27)(H,24,30)(H,25,31)(H,28,29)(H,32,33). The number of aliphatic carboxylic acids is 2. The molecule has 15 heteroatoms. The molecule has 1 rings (SSSR count). The van der Waals surface area contributed by atoms with E-state index in [0.29, 0.717) is 5.69 Å². The number of hydrogen-bond acceptors (Lipinski definition) is 8. The van der Waals surface area contributed by atoms with Gasteiger partial charge >= 0.3 is 11.9 Å². The summed E-state index contributed by atoms with van der Waals surface area (Å²) in [5.74, 6) is -5.92. The molecule has 1 aromatic heterocycles. The van der Waals surface area contributed by atoms with Gasteiger partial charge in [-0.25, -0.2) is 9.78 Å². The molecular formula is C18H27N7O8. The maximum Gasteiger partial charge on any atom is 0.326 e. The predicted molar refractivity (Wildman–Crippen MR) is 110 cm³/mol. The molecule has 0 aliphatic rings. The number of H-pyrrole nitrogens is 1. The van der Waals surface area contributed by atoms with Gasteiger partial charge in [0.05, 0.1) is 12.9 Å². The third-order valence-corrected chi connectivity index (χ3v) is 4.39. The van der Waals surface area contributed by atoms with Gasteiger partial charge in [-0.05, 0) is 12.8 Å². The van der Waals surface area contributed by atoms with E-state index in [0.717, 1.165) is 0 Å². The molecule has 1 aromatic rings. The number of carboxylic acid groups (broad SMARTS) is 2. The van der Waals surface area contributed by atoms with Crippen LogP contribution in [0.25, 0.3) is 0 Å². The molecule has 0 saturated carbocycles. The van der Waals surface area contributed by atoms with Gasteiger partial charge < -0.3 is 42.6 Å². The number of primary amides is 1. The summed E-state index contributed by atoms with van der Waals surface area (Å²) in [7, 11) is 0. The van der Waals surface area contributed by atoms with E-state index in [4.69, 9.17) is 16.6 Å². The fourth-order valence-corrected chi connectivity index (χ4v) is 2.71. The summed E-state index contributed by atoms with van der Waals surface area (Å²) >= 11 is 0. The number of aromatic amines is 1. The summed E-state index contributed by atoms with van der Waals surface area (Å²) in [6.45, 7) is -0.447. The first-order chi connectivity index (χ1) is 15.5. The summed E-state index contributed by atoms with van der Waals surface area (Å²) in [6, 6.07) is -4.12. The Morgan fingerprint density at radius 3 is 2.00 bits per heavy atom. The van der Waals surface area contributed by atoms with E-state index >= 15 is 0 Å². The number of carbonyl (C=O) groups is 6. The van der Waals surface area contributed by atoms with Crippen LogP contribution in [0.4, 0.5) is 0 Å². The van der Waals surface area contributed by atoms with Crippen LogP contribution >= 0.6 is 0 Å². The highest BCUT2D eigenvalue weighted by Gasteiger charge is 2.30. The van der Waals surface area contributed by atoms with E-state index in [1.807, 2.05) is 0 Å². The zero-order chi connectivity index (χ0) is 25.0. The van der Waals surface area contributed by atoms with E-state index < -0.39 is 66.7 Å². The Hall–Kier alpha value is -4.01. The lowest BCUT2D eigenvalue weighted by Crippen LogP contribution is -2.56. The molecule has 0 spiro atoms. The first kappa shape index (κ1) is 27.0. The largest absolute Gasteiger partial charge is 0.481 e.